The Morgan fingerprint density at radius 2 is 1.73 bits per heavy atom. The predicted molar refractivity (Wildman–Crippen MR) is 96.0 cm³/mol. The molecule has 0 aliphatic carbocycles. The van der Waals surface area contributed by atoms with Crippen LogP contribution >= 0.6 is 23.2 Å². The van der Waals surface area contributed by atoms with Crippen molar-refractivity contribution >= 4 is 35.1 Å². The highest BCUT2D eigenvalue weighted by Crippen LogP contribution is 2.33. The summed E-state index contributed by atoms with van der Waals surface area (Å²) in [5.74, 6) is -0.567. The number of amides is 3. The van der Waals surface area contributed by atoms with E-state index in [2.05, 4.69) is 5.32 Å². The standard InChI is InChI=1S/C18H15Cl2FN2O3/c1-18(11-5-7-12(21)8-6-11)16(24)23(17(25)22-18)9-10-26-15-13(19)3-2-4-14(15)20/h2-8H,9-10H2,1H3,(H,22,25). The van der Waals surface area contributed by atoms with Gasteiger partial charge in [0.2, 0.25) is 0 Å². The second-order valence-electron chi connectivity index (χ2n) is 5.92. The second-order valence-corrected chi connectivity index (χ2v) is 6.73. The average molecular weight is 397 g/mol. The van der Waals surface area contributed by atoms with Crippen LogP contribution in [0.3, 0.4) is 0 Å². The van der Waals surface area contributed by atoms with Crippen LogP contribution in [-0.4, -0.2) is 30.0 Å². The molecule has 1 saturated heterocycles. The molecule has 0 radical (unpaired) electrons. The summed E-state index contributed by atoms with van der Waals surface area (Å²) in [4.78, 5) is 26.0. The van der Waals surface area contributed by atoms with Crippen LogP contribution in [0.2, 0.25) is 10.0 Å². The monoisotopic (exact) mass is 396 g/mol. The molecule has 3 amide bonds. The van der Waals surface area contributed by atoms with Crippen molar-refractivity contribution in [2.45, 2.75) is 12.5 Å². The van der Waals surface area contributed by atoms with E-state index in [-0.39, 0.29) is 13.2 Å². The van der Waals surface area contributed by atoms with E-state index in [1.807, 2.05) is 0 Å². The molecule has 3 rings (SSSR count). The number of rotatable bonds is 5. The number of halogens is 3. The van der Waals surface area contributed by atoms with E-state index in [4.69, 9.17) is 27.9 Å². The third-order valence-electron chi connectivity index (χ3n) is 4.18. The summed E-state index contributed by atoms with van der Waals surface area (Å²) in [6.45, 7) is 1.62. The van der Waals surface area contributed by atoms with E-state index in [1.165, 1.54) is 24.3 Å². The van der Waals surface area contributed by atoms with Gasteiger partial charge in [0.25, 0.3) is 5.91 Å². The third-order valence-corrected chi connectivity index (χ3v) is 4.77. The summed E-state index contributed by atoms with van der Waals surface area (Å²) in [6, 6.07) is 9.81. The lowest BCUT2D eigenvalue weighted by Gasteiger charge is -2.22. The molecule has 1 fully saturated rings. The quantitative estimate of drug-likeness (QED) is 0.777. The molecule has 0 spiro atoms. The Morgan fingerprint density at radius 3 is 2.35 bits per heavy atom. The van der Waals surface area contributed by atoms with E-state index in [0.717, 1.165) is 4.90 Å². The van der Waals surface area contributed by atoms with Crippen LogP contribution in [0.5, 0.6) is 5.75 Å². The van der Waals surface area contributed by atoms with Crippen molar-refractivity contribution in [1.82, 2.24) is 10.2 Å². The van der Waals surface area contributed by atoms with Crippen molar-refractivity contribution < 1.29 is 18.7 Å². The first-order chi connectivity index (χ1) is 12.3. The summed E-state index contributed by atoms with van der Waals surface area (Å²) < 4.78 is 18.6. The van der Waals surface area contributed by atoms with E-state index in [0.29, 0.717) is 21.4 Å². The number of hydrogen-bond acceptors (Lipinski definition) is 3. The molecule has 2 aromatic rings. The fourth-order valence-corrected chi connectivity index (χ4v) is 3.24. The van der Waals surface area contributed by atoms with Crippen molar-refractivity contribution in [3.63, 3.8) is 0 Å². The van der Waals surface area contributed by atoms with Crippen molar-refractivity contribution in [2.75, 3.05) is 13.2 Å². The lowest BCUT2D eigenvalue weighted by molar-refractivity contribution is -0.131. The molecule has 0 bridgehead atoms. The zero-order valence-electron chi connectivity index (χ0n) is 13.8. The van der Waals surface area contributed by atoms with Crippen molar-refractivity contribution in [1.29, 1.82) is 0 Å². The highest BCUT2D eigenvalue weighted by molar-refractivity contribution is 6.37. The van der Waals surface area contributed by atoms with Crippen LogP contribution in [0.1, 0.15) is 12.5 Å². The van der Waals surface area contributed by atoms with E-state index in [9.17, 15) is 14.0 Å². The Labute approximate surface area is 159 Å². The van der Waals surface area contributed by atoms with Gasteiger partial charge in [-0.2, -0.15) is 0 Å². The van der Waals surface area contributed by atoms with Crippen LogP contribution in [0.15, 0.2) is 42.5 Å². The molecule has 1 aliphatic heterocycles. The lowest BCUT2D eigenvalue weighted by atomic mass is 9.92. The largest absolute Gasteiger partial charge is 0.489 e. The number of carbonyl (C=O) groups is 2. The molecule has 1 heterocycles. The summed E-state index contributed by atoms with van der Waals surface area (Å²) >= 11 is 12.0. The molecule has 26 heavy (non-hydrogen) atoms. The van der Waals surface area contributed by atoms with Gasteiger partial charge in [0.1, 0.15) is 18.0 Å². The molecule has 1 aliphatic rings. The van der Waals surface area contributed by atoms with Crippen LogP contribution in [-0.2, 0) is 10.3 Å². The van der Waals surface area contributed by atoms with Gasteiger partial charge < -0.3 is 10.1 Å². The smallest absolute Gasteiger partial charge is 0.325 e. The summed E-state index contributed by atoms with van der Waals surface area (Å²) in [5.41, 5.74) is -0.762. The number of nitrogens with one attached hydrogen (secondary N) is 1. The second kappa shape index (κ2) is 7.13. The van der Waals surface area contributed by atoms with Crippen LogP contribution in [0.4, 0.5) is 9.18 Å². The highest BCUT2D eigenvalue weighted by atomic mass is 35.5. The Bertz CT molecular complexity index is 840. The van der Waals surface area contributed by atoms with Crippen molar-refractivity contribution in [3.05, 3.63) is 63.9 Å². The number of ether oxygens (including phenoxy) is 1. The summed E-state index contributed by atoms with van der Waals surface area (Å²) in [7, 11) is 0. The fraction of sp³-hybridized carbons (Fsp3) is 0.222. The molecule has 0 aromatic heterocycles. The number of carbonyl (C=O) groups excluding carboxylic acids is 2. The Morgan fingerprint density at radius 1 is 1.12 bits per heavy atom. The molecule has 0 saturated carbocycles. The number of para-hydroxylation sites is 1. The van der Waals surface area contributed by atoms with Crippen LogP contribution < -0.4 is 10.1 Å². The lowest BCUT2D eigenvalue weighted by Crippen LogP contribution is -2.41. The highest BCUT2D eigenvalue weighted by Gasteiger charge is 2.48. The fourth-order valence-electron chi connectivity index (χ4n) is 2.74. The minimum absolute atomic E-state index is 0.0169. The molecule has 1 unspecified atom stereocenters. The third kappa shape index (κ3) is 3.34. The number of urea groups is 1. The SMILES string of the molecule is CC1(c2ccc(F)cc2)NC(=O)N(CCOc2c(Cl)cccc2Cl)C1=O. The number of benzene rings is 2. The molecule has 1 N–H and O–H groups in total. The zero-order valence-corrected chi connectivity index (χ0v) is 15.3. The van der Waals surface area contributed by atoms with Crippen LogP contribution in [0.25, 0.3) is 0 Å². The van der Waals surface area contributed by atoms with Crippen molar-refractivity contribution in [2.24, 2.45) is 0 Å². The average Bonchev–Trinajstić information content (AvgIpc) is 2.81. The van der Waals surface area contributed by atoms with Gasteiger partial charge >= 0.3 is 6.03 Å². The minimum Gasteiger partial charge on any atom is -0.489 e. The van der Waals surface area contributed by atoms with Gasteiger partial charge in [-0.15, -0.1) is 0 Å². The summed E-state index contributed by atoms with van der Waals surface area (Å²) in [5, 5.41) is 3.32. The van der Waals surface area contributed by atoms with Gasteiger partial charge in [-0.3, -0.25) is 9.69 Å². The van der Waals surface area contributed by atoms with E-state index < -0.39 is 23.3 Å². The number of nitrogens with zero attached hydrogens (tertiary/aromatic N) is 1. The normalized spacial score (nSPS) is 19.6. The van der Waals surface area contributed by atoms with E-state index >= 15 is 0 Å². The number of imide groups is 1. The molecular formula is C18H15Cl2FN2O3. The zero-order chi connectivity index (χ0) is 18.9. The molecule has 136 valence electrons. The van der Waals surface area contributed by atoms with Gasteiger partial charge in [0, 0.05) is 0 Å². The minimum atomic E-state index is -1.26. The van der Waals surface area contributed by atoms with Crippen molar-refractivity contribution in [3.8, 4) is 5.75 Å². The van der Waals surface area contributed by atoms with Gasteiger partial charge in [0.05, 0.1) is 16.6 Å². The first kappa shape index (κ1) is 18.5. The first-order valence-electron chi connectivity index (χ1n) is 7.80. The predicted octanol–water partition coefficient (Wildman–Crippen LogP) is 3.98. The Hall–Kier alpha value is -2.31. The maximum atomic E-state index is 13.1. The number of hydrogen-bond donors (Lipinski definition) is 1. The molecule has 2 aromatic carbocycles. The van der Waals surface area contributed by atoms with Gasteiger partial charge in [-0.1, -0.05) is 41.4 Å². The van der Waals surface area contributed by atoms with Crippen LogP contribution in [0, 0.1) is 5.82 Å². The Kier molecular flexibility index (Phi) is 5.07. The molecule has 8 heteroatoms. The maximum absolute atomic E-state index is 13.1. The first-order valence-corrected chi connectivity index (χ1v) is 8.55. The maximum Gasteiger partial charge on any atom is 0.325 e. The molecule has 5 nitrogen and oxygen atoms in total. The topological polar surface area (TPSA) is 58.6 Å². The molecule has 1 atom stereocenters. The van der Waals surface area contributed by atoms with Gasteiger partial charge in [-0.25, -0.2) is 9.18 Å². The van der Waals surface area contributed by atoms with Gasteiger partial charge in [-0.05, 0) is 36.8 Å². The Balaban J connectivity index is 1.70. The van der Waals surface area contributed by atoms with E-state index in [1.54, 1.807) is 25.1 Å². The summed E-state index contributed by atoms with van der Waals surface area (Å²) in [6.07, 6.45) is 0. The van der Waals surface area contributed by atoms with Gasteiger partial charge in [0.15, 0.2) is 5.75 Å². The molecular weight excluding hydrogens is 382 g/mol.